The summed E-state index contributed by atoms with van der Waals surface area (Å²) in [6, 6.07) is 4.51. The minimum atomic E-state index is 0.213. The van der Waals surface area contributed by atoms with Crippen molar-refractivity contribution in [2.75, 3.05) is 38.3 Å². The first-order valence-electron chi connectivity index (χ1n) is 7.21. The first-order chi connectivity index (χ1) is 9.69. The highest BCUT2D eigenvalue weighted by Gasteiger charge is 2.11. The van der Waals surface area contributed by atoms with Gasteiger partial charge in [0.05, 0.1) is 6.61 Å². The average Bonchev–Trinajstić information content (AvgIpc) is 2.45. The number of aromatic nitrogens is 1. The second kappa shape index (κ2) is 9.69. The zero-order valence-corrected chi connectivity index (χ0v) is 12.8. The van der Waals surface area contributed by atoms with Crippen LogP contribution in [0.1, 0.15) is 25.8 Å². The predicted molar refractivity (Wildman–Crippen MR) is 82.0 cm³/mol. The third-order valence-corrected chi connectivity index (χ3v) is 3.10. The van der Waals surface area contributed by atoms with Gasteiger partial charge in [-0.3, -0.25) is 0 Å². The lowest BCUT2D eigenvalue weighted by molar-refractivity contribution is 0.199. The van der Waals surface area contributed by atoms with Gasteiger partial charge in [-0.25, -0.2) is 4.98 Å². The van der Waals surface area contributed by atoms with E-state index in [1.54, 1.807) is 7.11 Å². The van der Waals surface area contributed by atoms with Crippen LogP contribution in [0, 0.1) is 0 Å². The van der Waals surface area contributed by atoms with E-state index < -0.39 is 0 Å². The Hall–Kier alpha value is -1.17. The first-order valence-corrected chi connectivity index (χ1v) is 7.21. The van der Waals surface area contributed by atoms with Crippen molar-refractivity contribution in [1.29, 1.82) is 0 Å². The minimum Gasteiger partial charge on any atom is -0.396 e. The van der Waals surface area contributed by atoms with Gasteiger partial charge in [-0.2, -0.15) is 0 Å². The highest BCUT2D eigenvalue weighted by Crippen LogP contribution is 2.15. The molecule has 0 amide bonds. The van der Waals surface area contributed by atoms with E-state index in [4.69, 9.17) is 9.84 Å². The van der Waals surface area contributed by atoms with E-state index in [0.717, 1.165) is 37.4 Å². The molecule has 0 bridgehead atoms. The molecule has 1 aromatic rings. The maximum Gasteiger partial charge on any atom is 0.128 e. The van der Waals surface area contributed by atoms with Crippen molar-refractivity contribution in [2.45, 2.75) is 32.9 Å². The van der Waals surface area contributed by atoms with Crippen molar-refractivity contribution in [1.82, 2.24) is 10.3 Å². The minimum absolute atomic E-state index is 0.213. The van der Waals surface area contributed by atoms with Crippen LogP contribution >= 0.6 is 0 Å². The Morgan fingerprint density at radius 3 is 2.75 bits per heavy atom. The molecule has 5 heteroatoms. The van der Waals surface area contributed by atoms with Gasteiger partial charge in [0.1, 0.15) is 5.82 Å². The fraction of sp³-hybridized carbons (Fsp3) is 0.667. The number of aliphatic hydroxyl groups is 1. The number of pyridine rings is 1. The topological polar surface area (TPSA) is 57.6 Å². The van der Waals surface area contributed by atoms with Crippen molar-refractivity contribution in [3.63, 3.8) is 0 Å². The number of rotatable bonds is 10. The molecular formula is C15H27N3O2. The smallest absolute Gasteiger partial charge is 0.128 e. The molecule has 0 spiro atoms. The number of hydrogen-bond acceptors (Lipinski definition) is 5. The zero-order valence-electron chi connectivity index (χ0n) is 12.8. The monoisotopic (exact) mass is 281 g/mol. The van der Waals surface area contributed by atoms with Crippen molar-refractivity contribution in [3.05, 3.63) is 23.9 Å². The lowest BCUT2D eigenvalue weighted by Crippen LogP contribution is -2.33. The molecule has 0 saturated heterocycles. The Morgan fingerprint density at radius 1 is 1.40 bits per heavy atom. The average molecular weight is 281 g/mol. The molecule has 2 N–H and O–H groups in total. The van der Waals surface area contributed by atoms with Crippen LogP contribution in [0.5, 0.6) is 0 Å². The Morgan fingerprint density at radius 2 is 2.20 bits per heavy atom. The van der Waals surface area contributed by atoms with Crippen LogP contribution in [-0.4, -0.2) is 49.5 Å². The number of ether oxygens (including phenoxy) is 1. The standard InChI is InChI=1S/C15H27N3O2/c1-13(2)18(8-4-9-19)15-6-5-14(12-17-15)11-16-7-10-20-3/h5-6,12-13,16,19H,4,7-11H2,1-3H3. The van der Waals surface area contributed by atoms with E-state index in [-0.39, 0.29) is 6.61 Å². The highest BCUT2D eigenvalue weighted by molar-refractivity contribution is 5.40. The molecule has 0 aliphatic carbocycles. The van der Waals surface area contributed by atoms with Gasteiger partial charge in [0.2, 0.25) is 0 Å². The number of methoxy groups -OCH3 is 1. The van der Waals surface area contributed by atoms with Crippen molar-refractivity contribution in [3.8, 4) is 0 Å². The summed E-state index contributed by atoms with van der Waals surface area (Å²) in [4.78, 5) is 6.73. The lowest BCUT2D eigenvalue weighted by atomic mass is 10.2. The molecule has 0 aromatic carbocycles. The molecule has 0 saturated carbocycles. The molecule has 0 radical (unpaired) electrons. The number of nitrogens with zero attached hydrogens (tertiary/aromatic N) is 2. The summed E-state index contributed by atoms with van der Waals surface area (Å²) < 4.78 is 4.99. The third kappa shape index (κ3) is 5.86. The predicted octanol–water partition coefficient (Wildman–Crippen LogP) is 1.41. The van der Waals surface area contributed by atoms with Gasteiger partial charge in [0, 0.05) is 45.6 Å². The van der Waals surface area contributed by atoms with Crippen LogP contribution in [0.25, 0.3) is 0 Å². The fourth-order valence-electron chi connectivity index (χ4n) is 1.98. The Labute approximate surface area is 122 Å². The Bertz CT molecular complexity index is 355. The van der Waals surface area contributed by atoms with Crippen molar-refractivity contribution >= 4 is 5.82 Å². The van der Waals surface area contributed by atoms with Crippen molar-refractivity contribution in [2.24, 2.45) is 0 Å². The normalized spacial score (nSPS) is 11.1. The van der Waals surface area contributed by atoms with Crippen LogP contribution in [0.4, 0.5) is 5.82 Å². The largest absolute Gasteiger partial charge is 0.396 e. The van der Waals surface area contributed by atoms with E-state index in [1.807, 2.05) is 12.3 Å². The summed E-state index contributed by atoms with van der Waals surface area (Å²) in [5.74, 6) is 0.967. The highest BCUT2D eigenvalue weighted by atomic mass is 16.5. The van der Waals surface area contributed by atoms with Crippen LogP contribution in [0.3, 0.4) is 0 Å². The molecule has 1 heterocycles. The number of nitrogens with one attached hydrogen (secondary N) is 1. The van der Waals surface area contributed by atoms with E-state index >= 15 is 0 Å². The van der Waals surface area contributed by atoms with E-state index in [0.29, 0.717) is 12.6 Å². The molecule has 0 fully saturated rings. The van der Waals surface area contributed by atoms with Gasteiger partial charge in [-0.1, -0.05) is 6.07 Å². The van der Waals surface area contributed by atoms with E-state index in [1.165, 1.54) is 0 Å². The van der Waals surface area contributed by atoms with E-state index in [9.17, 15) is 0 Å². The Balaban J connectivity index is 2.54. The zero-order chi connectivity index (χ0) is 14.8. The summed E-state index contributed by atoms with van der Waals surface area (Å²) in [5.41, 5.74) is 1.16. The van der Waals surface area contributed by atoms with Crippen LogP contribution < -0.4 is 10.2 Å². The molecular weight excluding hydrogens is 254 g/mol. The molecule has 114 valence electrons. The molecule has 20 heavy (non-hydrogen) atoms. The summed E-state index contributed by atoms with van der Waals surface area (Å²) in [7, 11) is 1.70. The van der Waals surface area contributed by atoms with Gasteiger partial charge in [-0.05, 0) is 31.9 Å². The summed E-state index contributed by atoms with van der Waals surface area (Å²) in [6.07, 6.45) is 2.67. The van der Waals surface area contributed by atoms with Gasteiger partial charge in [0.25, 0.3) is 0 Å². The number of aliphatic hydroxyl groups excluding tert-OH is 1. The molecule has 5 nitrogen and oxygen atoms in total. The van der Waals surface area contributed by atoms with E-state index in [2.05, 4.69) is 35.1 Å². The SMILES string of the molecule is COCCNCc1ccc(N(CCCO)C(C)C)nc1. The van der Waals surface area contributed by atoms with Crippen LogP contribution in [0.15, 0.2) is 18.3 Å². The number of anilines is 1. The van der Waals surface area contributed by atoms with Crippen molar-refractivity contribution < 1.29 is 9.84 Å². The maximum atomic E-state index is 8.96. The summed E-state index contributed by atoms with van der Waals surface area (Å²) in [5, 5.41) is 12.3. The van der Waals surface area contributed by atoms with Crippen LogP contribution in [0.2, 0.25) is 0 Å². The quantitative estimate of drug-likeness (QED) is 0.635. The molecule has 0 unspecified atom stereocenters. The van der Waals surface area contributed by atoms with Gasteiger partial charge < -0.3 is 20.1 Å². The summed E-state index contributed by atoms with van der Waals surface area (Å²) in [6.45, 7) is 7.67. The second-order valence-corrected chi connectivity index (χ2v) is 5.06. The number of hydrogen-bond donors (Lipinski definition) is 2. The molecule has 0 aliphatic rings. The molecule has 0 aliphatic heterocycles. The maximum absolute atomic E-state index is 8.96. The van der Waals surface area contributed by atoms with Gasteiger partial charge >= 0.3 is 0 Å². The Kier molecular flexibility index (Phi) is 8.18. The third-order valence-electron chi connectivity index (χ3n) is 3.10. The van der Waals surface area contributed by atoms with Crippen LogP contribution in [-0.2, 0) is 11.3 Å². The van der Waals surface area contributed by atoms with Gasteiger partial charge in [-0.15, -0.1) is 0 Å². The molecule has 1 rings (SSSR count). The second-order valence-electron chi connectivity index (χ2n) is 5.06. The summed E-state index contributed by atoms with van der Waals surface area (Å²) >= 11 is 0. The lowest BCUT2D eigenvalue weighted by Gasteiger charge is -2.27. The molecule has 0 atom stereocenters. The fourth-order valence-corrected chi connectivity index (χ4v) is 1.98. The first kappa shape index (κ1) is 16.9. The molecule has 1 aromatic heterocycles. The van der Waals surface area contributed by atoms with Gasteiger partial charge in [0.15, 0.2) is 0 Å².